The van der Waals surface area contributed by atoms with Crippen LogP contribution in [0.15, 0.2) is 128 Å². The number of hydrogen-bond donors (Lipinski definition) is 2. The number of carbonyl (C=O) groups excluding carboxylic acids is 1. The summed E-state index contributed by atoms with van der Waals surface area (Å²) in [7, 11) is 0. The van der Waals surface area contributed by atoms with Crippen molar-refractivity contribution in [3.63, 3.8) is 0 Å². The summed E-state index contributed by atoms with van der Waals surface area (Å²) in [5.74, 6) is 0.663. The van der Waals surface area contributed by atoms with Crippen LogP contribution in [0.3, 0.4) is 0 Å². The minimum atomic E-state index is -0.0308. The molecule has 0 bridgehead atoms. The number of rotatable bonds is 8. The summed E-state index contributed by atoms with van der Waals surface area (Å²) < 4.78 is 0. The lowest BCUT2D eigenvalue weighted by Gasteiger charge is -2.18. The van der Waals surface area contributed by atoms with Gasteiger partial charge in [-0.15, -0.1) is 0 Å². The van der Waals surface area contributed by atoms with E-state index in [0.29, 0.717) is 12.2 Å². The summed E-state index contributed by atoms with van der Waals surface area (Å²) in [5, 5.41) is 6.35. The van der Waals surface area contributed by atoms with Crippen LogP contribution in [0, 0.1) is 0 Å². The fourth-order valence-corrected chi connectivity index (χ4v) is 4.17. The first-order chi connectivity index (χ1) is 17.7. The van der Waals surface area contributed by atoms with Crippen LogP contribution < -0.4 is 10.6 Å². The fourth-order valence-electron chi connectivity index (χ4n) is 4.17. The molecule has 0 spiro atoms. The minimum Gasteiger partial charge on any atom is -0.340 e. The van der Waals surface area contributed by atoms with Gasteiger partial charge in [-0.2, -0.15) is 0 Å². The van der Waals surface area contributed by atoms with Crippen LogP contribution in [0.5, 0.6) is 0 Å². The molecule has 2 N–H and O–H groups in total. The summed E-state index contributed by atoms with van der Waals surface area (Å²) >= 11 is 0. The molecule has 36 heavy (non-hydrogen) atoms. The fraction of sp³-hybridized carbons (Fsp3) is 0.0645. The molecule has 176 valence electrons. The molecule has 1 aromatic heterocycles. The Hall–Kier alpha value is -4.77. The Bertz CT molecular complexity index is 1370. The van der Waals surface area contributed by atoms with Crippen LogP contribution >= 0.6 is 0 Å². The molecule has 5 rings (SSSR count). The SMILES string of the molecule is O=C(CC(c1ccccc1)c1ccccc1)Nc1ccc(Nc2cc(-c3ccccc3)ncn2)cc1. The zero-order valence-corrected chi connectivity index (χ0v) is 19.7. The van der Waals surface area contributed by atoms with Crippen LogP contribution in [0.4, 0.5) is 17.2 Å². The van der Waals surface area contributed by atoms with Gasteiger partial charge in [0.2, 0.25) is 5.91 Å². The minimum absolute atomic E-state index is 0.00934. The van der Waals surface area contributed by atoms with E-state index in [1.165, 1.54) is 0 Å². The molecule has 0 aliphatic heterocycles. The monoisotopic (exact) mass is 470 g/mol. The van der Waals surface area contributed by atoms with Gasteiger partial charge in [0.1, 0.15) is 12.1 Å². The van der Waals surface area contributed by atoms with E-state index >= 15 is 0 Å². The Morgan fingerprint density at radius 3 is 1.83 bits per heavy atom. The lowest BCUT2D eigenvalue weighted by Crippen LogP contribution is -2.16. The van der Waals surface area contributed by atoms with Gasteiger partial charge in [-0.25, -0.2) is 9.97 Å². The summed E-state index contributed by atoms with van der Waals surface area (Å²) in [6, 6.07) is 39.8. The van der Waals surface area contributed by atoms with Crippen LogP contribution in [0.25, 0.3) is 11.3 Å². The zero-order chi connectivity index (χ0) is 24.6. The predicted octanol–water partition coefficient (Wildman–Crippen LogP) is 7.05. The van der Waals surface area contributed by atoms with Crippen LogP contribution in [0.1, 0.15) is 23.5 Å². The average molecular weight is 471 g/mol. The maximum absolute atomic E-state index is 13.0. The molecule has 4 aromatic carbocycles. The topological polar surface area (TPSA) is 66.9 Å². The summed E-state index contributed by atoms with van der Waals surface area (Å²) in [5.41, 5.74) is 5.75. The highest BCUT2D eigenvalue weighted by molar-refractivity contribution is 5.91. The maximum atomic E-state index is 13.0. The van der Waals surface area contributed by atoms with E-state index in [4.69, 9.17) is 0 Å². The van der Waals surface area contributed by atoms with Crippen LogP contribution in [-0.4, -0.2) is 15.9 Å². The number of hydrogen-bond acceptors (Lipinski definition) is 4. The smallest absolute Gasteiger partial charge is 0.225 e. The number of benzene rings is 4. The predicted molar refractivity (Wildman–Crippen MR) is 145 cm³/mol. The van der Waals surface area contributed by atoms with Crippen molar-refractivity contribution >= 4 is 23.1 Å². The second-order valence-electron chi connectivity index (χ2n) is 8.48. The van der Waals surface area contributed by atoms with Crippen molar-refractivity contribution in [2.45, 2.75) is 12.3 Å². The second kappa shape index (κ2) is 11.1. The Morgan fingerprint density at radius 2 is 1.22 bits per heavy atom. The van der Waals surface area contributed by atoms with Crippen molar-refractivity contribution < 1.29 is 4.79 Å². The molecule has 5 aromatic rings. The number of aromatic nitrogens is 2. The second-order valence-corrected chi connectivity index (χ2v) is 8.48. The Balaban J connectivity index is 1.24. The van der Waals surface area contributed by atoms with E-state index < -0.39 is 0 Å². The van der Waals surface area contributed by atoms with E-state index in [0.717, 1.165) is 33.8 Å². The Labute approximate surface area is 210 Å². The van der Waals surface area contributed by atoms with Crippen molar-refractivity contribution in [3.05, 3.63) is 139 Å². The average Bonchev–Trinajstić information content (AvgIpc) is 2.94. The molecule has 1 heterocycles. The highest BCUT2D eigenvalue weighted by Gasteiger charge is 2.18. The van der Waals surface area contributed by atoms with E-state index in [-0.39, 0.29) is 11.8 Å². The van der Waals surface area contributed by atoms with Crippen LogP contribution in [0.2, 0.25) is 0 Å². The van der Waals surface area contributed by atoms with Gasteiger partial charge in [0.15, 0.2) is 0 Å². The van der Waals surface area contributed by atoms with Crippen molar-refractivity contribution in [2.24, 2.45) is 0 Å². The molecule has 0 radical (unpaired) electrons. The van der Waals surface area contributed by atoms with Gasteiger partial charge < -0.3 is 10.6 Å². The van der Waals surface area contributed by atoms with Gasteiger partial charge in [0.25, 0.3) is 0 Å². The number of carbonyl (C=O) groups is 1. The van der Waals surface area contributed by atoms with Gasteiger partial charge >= 0.3 is 0 Å². The standard InChI is InChI=1S/C31H26N4O/c36-31(20-28(23-10-4-1-5-11-23)24-12-6-2-7-13-24)35-27-18-16-26(17-19-27)34-30-21-29(32-22-33-30)25-14-8-3-9-15-25/h1-19,21-22,28H,20H2,(H,35,36)(H,32,33,34). The number of nitrogens with one attached hydrogen (secondary N) is 2. The maximum Gasteiger partial charge on any atom is 0.225 e. The van der Waals surface area contributed by atoms with Crippen LogP contribution in [-0.2, 0) is 4.79 Å². The van der Waals surface area contributed by atoms with Gasteiger partial charge in [0.05, 0.1) is 5.69 Å². The molecule has 0 aliphatic rings. The Kier molecular flexibility index (Phi) is 7.09. The van der Waals surface area contributed by atoms with Crippen molar-refractivity contribution in [1.29, 1.82) is 0 Å². The highest BCUT2D eigenvalue weighted by atomic mass is 16.1. The first kappa shape index (κ1) is 23.0. The molecular weight excluding hydrogens is 444 g/mol. The first-order valence-corrected chi connectivity index (χ1v) is 11.9. The molecule has 0 fully saturated rings. The normalized spacial score (nSPS) is 10.7. The first-order valence-electron chi connectivity index (χ1n) is 11.9. The van der Waals surface area contributed by atoms with Crippen molar-refractivity contribution in [2.75, 3.05) is 10.6 Å². The molecule has 0 aliphatic carbocycles. The third-order valence-corrected chi connectivity index (χ3v) is 5.97. The van der Waals surface area contributed by atoms with Gasteiger partial charge in [0, 0.05) is 35.3 Å². The summed E-state index contributed by atoms with van der Waals surface area (Å²) in [4.78, 5) is 21.7. The highest BCUT2D eigenvalue weighted by Crippen LogP contribution is 2.28. The van der Waals surface area contributed by atoms with Gasteiger partial charge in [-0.05, 0) is 35.4 Å². The van der Waals surface area contributed by atoms with Gasteiger partial charge in [-0.3, -0.25) is 4.79 Å². The summed E-state index contributed by atoms with van der Waals surface area (Å²) in [6.07, 6.45) is 1.91. The molecule has 5 heteroatoms. The van der Waals surface area contributed by atoms with Crippen molar-refractivity contribution in [1.82, 2.24) is 9.97 Å². The largest absolute Gasteiger partial charge is 0.340 e. The molecule has 0 saturated heterocycles. The molecule has 0 unspecified atom stereocenters. The zero-order valence-electron chi connectivity index (χ0n) is 19.7. The lowest BCUT2D eigenvalue weighted by atomic mass is 9.88. The van der Waals surface area contributed by atoms with Gasteiger partial charge in [-0.1, -0.05) is 91.0 Å². The van der Waals surface area contributed by atoms with E-state index in [1.807, 2.05) is 97.1 Å². The quantitative estimate of drug-likeness (QED) is 0.255. The van der Waals surface area contributed by atoms with E-state index in [1.54, 1.807) is 6.33 Å². The molecule has 0 saturated carbocycles. The van der Waals surface area contributed by atoms with E-state index in [2.05, 4.69) is 44.9 Å². The third kappa shape index (κ3) is 5.83. The molecular formula is C31H26N4O. The molecule has 0 atom stereocenters. The molecule has 1 amide bonds. The van der Waals surface area contributed by atoms with E-state index in [9.17, 15) is 4.79 Å². The number of anilines is 3. The lowest BCUT2D eigenvalue weighted by molar-refractivity contribution is -0.116. The third-order valence-electron chi connectivity index (χ3n) is 5.97. The molecule has 5 nitrogen and oxygen atoms in total. The number of nitrogens with zero attached hydrogens (tertiary/aromatic N) is 2. The van der Waals surface area contributed by atoms with Crippen molar-refractivity contribution in [3.8, 4) is 11.3 Å². The summed E-state index contributed by atoms with van der Waals surface area (Å²) in [6.45, 7) is 0. The number of amides is 1. The Morgan fingerprint density at radius 1 is 0.667 bits per heavy atom.